The van der Waals surface area contributed by atoms with Crippen LogP contribution in [0.2, 0.25) is 0 Å². The molecule has 8 nitrogen and oxygen atoms in total. The average Bonchev–Trinajstić information content (AvgIpc) is 3.83. The zero-order chi connectivity index (χ0) is 57.6. The van der Waals surface area contributed by atoms with E-state index in [1.165, 1.54) is 46.3 Å². The molecule has 4 rings (SSSR count). The molecule has 0 atom stereocenters. The topological polar surface area (TPSA) is 72.5 Å². The second-order valence-corrected chi connectivity index (χ2v) is 24.4. The van der Waals surface area contributed by atoms with Crippen LogP contribution in [0.5, 0.6) is 5.75 Å². The number of halogens is 8. The summed E-state index contributed by atoms with van der Waals surface area (Å²) >= 11 is -2.00. The van der Waals surface area contributed by atoms with Crippen LogP contribution in [0.15, 0.2) is 105 Å². The molecule has 1 amide bonds. The molecule has 428 valence electrons. The number of carbonyl (C=O) groups is 1. The van der Waals surface area contributed by atoms with Gasteiger partial charge in [0, 0.05) is 24.5 Å². The Labute approximate surface area is 460 Å². The van der Waals surface area contributed by atoms with Crippen molar-refractivity contribution in [2.24, 2.45) is 5.92 Å². The van der Waals surface area contributed by atoms with Crippen LogP contribution in [-0.2, 0) is 27.7 Å². The van der Waals surface area contributed by atoms with Gasteiger partial charge in [0.2, 0.25) is 0 Å². The van der Waals surface area contributed by atoms with Crippen LogP contribution < -0.4 is 19.9 Å². The summed E-state index contributed by atoms with van der Waals surface area (Å²) < 4.78 is 84.2. The molecule has 3 aromatic rings. The van der Waals surface area contributed by atoms with Crippen LogP contribution in [0.3, 0.4) is 0 Å². The number of carbonyl (C=O) groups excluding carboxylic acids is 1. The maximum Gasteiger partial charge on any atom is 0.298 e. The minimum atomic E-state index is -2.29. The van der Waals surface area contributed by atoms with Gasteiger partial charge < -0.3 is 19.3 Å². The maximum absolute atomic E-state index is 11.7. The summed E-state index contributed by atoms with van der Waals surface area (Å²) in [5.74, 6) is 3.04. The van der Waals surface area contributed by atoms with Crippen molar-refractivity contribution in [2.45, 2.75) is 152 Å². The molecular weight excluding hydrogens is 1100 g/mol. The Bertz CT molecular complexity index is 2020. The number of benzene rings is 3. The van der Waals surface area contributed by atoms with Gasteiger partial charge in [-0.15, -0.1) is 0 Å². The van der Waals surface area contributed by atoms with Gasteiger partial charge in [-0.2, -0.15) is 24.2 Å². The van der Waals surface area contributed by atoms with E-state index in [0.29, 0.717) is 54.7 Å². The number of unbranched alkanes of at least 4 members (excludes halogenated alkanes) is 2. The third kappa shape index (κ3) is 33.3. The Morgan fingerprint density at radius 1 is 0.747 bits per heavy atom. The minimum absolute atomic E-state index is 0.0354. The van der Waals surface area contributed by atoms with E-state index in [0.717, 1.165) is 50.8 Å². The van der Waals surface area contributed by atoms with E-state index in [1.807, 2.05) is 27.7 Å². The van der Waals surface area contributed by atoms with Gasteiger partial charge in [-0.05, 0) is 65.3 Å². The molecule has 17 heteroatoms. The van der Waals surface area contributed by atoms with Crippen LogP contribution in [0.4, 0.5) is 48.2 Å². The molecule has 1 fully saturated rings. The molecule has 1 aliphatic heterocycles. The third-order valence-electron chi connectivity index (χ3n) is 10.1. The molecule has 3 aromatic carbocycles. The smallest absolute Gasteiger partial charge is 0.298 e. The minimum Gasteiger partial charge on any atom is -0.502 e. The van der Waals surface area contributed by atoms with Gasteiger partial charge in [0.05, 0.1) is 19.5 Å². The molecule has 0 aliphatic carbocycles. The fourth-order valence-corrected chi connectivity index (χ4v) is 8.50. The summed E-state index contributed by atoms with van der Waals surface area (Å²) in [6.45, 7) is 42.4. The molecule has 1 N–H and O–H groups in total. The number of ether oxygens (including phenoxy) is 4. The maximum atomic E-state index is 11.7. The first kappa shape index (κ1) is 72.6. The molecule has 0 bridgehead atoms. The summed E-state index contributed by atoms with van der Waals surface area (Å²) in [6, 6.07) is 19.0. The number of hydrogen-bond donors (Lipinski definition) is 1. The van der Waals surface area contributed by atoms with Gasteiger partial charge >= 0.3 is 145 Å². The number of rotatable bonds is 20. The largest absolute Gasteiger partial charge is 0.502 e. The first-order chi connectivity index (χ1) is 35.3. The SMILES string of the molecule is C=C(F)F.C=COCCCC.CC(C)COC(=O)Nc1ccc(OC(C)C)c([CH]=[Ru]([Cl])[Cl])c1.CC(C)c1cccc(C(C)C)c1N1[CH-]N(c2c(C(C)C)cccc2C(C)C)CC1.CCCCOC=CF.FC=C(F)F. The Morgan fingerprint density at radius 2 is 1.17 bits per heavy atom. The van der Waals surface area contributed by atoms with Gasteiger partial charge in [-0.1, -0.05) is 125 Å². The molecule has 0 aromatic heterocycles. The van der Waals surface area contributed by atoms with E-state index in [1.54, 1.807) is 22.8 Å². The second kappa shape index (κ2) is 42.6. The summed E-state index contributed by atoms with van der Waals surface area (Å²) in [6.07, 6.45) is 2.02. The molecule has 0 saturated carbocycles. The normalized spacial score (nSPS) is 11.8. The number of hydrogen-bond acceptors (Lipinski definition) is 7. The summed E-state index contributed by atoms with van der Waals surface area (Å²) in [5, 5.41) is 2.68. The second-order valence-electron chi connectivity index (χ2n) is 18.6. The van der Waals surface area contributed by atoms with E-state index in [4.69, 9.17) is 33.6 Å². The monoisotopic (exact) mass is 1190 g/mol. The number of para-hydroxylation sites is 2. The molecule has 1 saturated heterocycles. The number of anilines is 3. The van der Waals surface area contributed by atoms with Crippen LogP contribution >= 0.6 is 19.4 Å². The van der Waals surface area contributed by atoms with E-state index >= 15 is 0 Å². The van der Waals surface area contributed by atoms with Gasteiger partial charge in [0.1, 0.15) is 12.6 Å². The fourth-order valence-electron chi connectivity index (χ4n) is 6.71. The molecule has 1 heterocycles. The van der Waals surface area contributed by atoms with Crippen LogP contribution in [0.1, 0.15) is 174 Å². The van der Waals surface area contributed by atoms with E-state index < -0.39 is 38.1 Å². The number of nitrogens with one attached hydrogen (secondary N) is 1. The van der Waals surface area contributed by atoms with E-state index in [9.17, 15) is 31.1 Å². The molecule has 75 heavy (non-hydrogen) atoms. The van der Waals surface area contributed by atoms with Crippen LogP contribution in [0.25, 0.3) is 0 Å². The zero-order valence-electron chi connectivity index (χ0n) is 46.7. The number of amides is 1. The molecule has 0 radical (unpaired) electrons. The van der Waals surface area contributed by atoms with Gasteiger partial charge in [0.15, 0.2) is 6.33 Å². The Balaban J connectivity index is 0. The quantitative estimate of drug-likeness (QED) is 0.0397. The molecular formula is C58H86Cl2F6N3O5Ru-. The molecule has 0 unspecified atom stereocenters. The standard InChI is InChI=1S/C27H39N2.C15H21NO3.C6H11FO.C6H12O.C2HF3.C2H2F2.2ClH.Ru/c1-18(2)22-11-9-12-23(19(3)4)26(22)28-15-16-29(17-28)27-24(20(5)6)13-10-14-25(27)21(7)8;1-10(2)9-18-15(17)16-13-6-7-14(12(5)8-13)19-11(3)4;1-2-3-5-8-6-4-7;1-3-5-6-7-4-2;3-1-2(4)5;1-2(3)4;;;/h9-14,17-21H,15-16H2,1-8H3;5-8,10-11H,9H2,1-4H3,(H,16,17);4,6H,2-3,5H2,1H3;4H,2-3,5-6H2,1H3;1H;1H2;2*1H;/q-1;;;;;;;;+2/p-2. The average molecular weight is 1190 g/mol. The Kier molecular flexibility index (Phi) is 41.3. The van der Waals surface area contributed by atoms with E-state index in [-0.39, 0.29) is 12.0 Å². The first-order valence-corrected chi connectivity index (χ1v) is 30.7. The first-order valence-electron chi connectivity index (χ1n) is 25.2. The molecule has 1 aliphatic rings. The summed E-state index contributed by atoms with van der Waals surface area (Å²) in [7, 11) is 11.9. The zero-order valence-corrected chi connectivity index (χ0v) is 50.0. The number of nitrogens with zero attached hydrogens (tertiary/aromatic N) is 2. The Hall–Kier alpha value is -4.46. The van der Waals surface area contributed by atoms with Crippen LogP contribution in [0, 0.1) is 12.6 Å². The van der Waals surface area contributed by atoms with Crippen molar-refractivity contribution in [1.82, 2.24) is 0 Å². The van der Waals surface area contributed by atoms with Gasteiger partial charge in [-0.3, -0.25) is 0 Å². The predicted octanol–water partition coefficient (Wildman–Crippen LogP) is 19.7. The van der Waals surface area contributed by atoms with Gasteiger partial charge in [-0.25, -0.2) is 8.78 Å². The predicted molar refractivity (Wildman–Crippen MR) is 302 cm³/mol. The van der Waals surface area contributed by atoms with Crippen molar-refractivity contribution in [3.63, 3.8) is 0 Å². The van der Waals surface area contributed by atoms with Crippen LogP contribution in [-0.4, -0.2) is 49.7 Å². The third-order valence-corrected chi connectivity index (χ3v) is 11.9. The van der Waals surface area contributed by atoms with Crippen molar-refractivity contribution >= 4 is 47.1 Å². The van der Waals surface area contributed by atoms with Gasteiger partial charge in [0.25, 0.3) is 12.2 Å². The summed E-state index contributed by atoms with van der Waals surface area (Å²) in [4.78, 5) is 16.7. The van der Waals surface area contributed by atoms with Crippen molar-refractivity contribution in [3.8, 4) is 5.75 Å². The van der Waals surface area contributed by atoms with Crippen molar-refractivity contribution in [1.29, 1.82) is 0 Å². The Morgan fingerprint density at radius 3 is 1.51 bits per heavy atom. The van der Waals surface area contributed by atoms with Crippen molar-refractivity contribution < 1.29 is 63.6 Å². The summed E-state index contributed by atoms with van der Waals surface area (Å²) in [5.41, 5.74) is 10.1. The van der Waals surface area contributed by atoms with E-state index in [2.05, 4.69) is 145 Å². The van der Waals surface area contributed by atoms with Crippen molar-refractivity contribution in [3.05, 3.63) is 140 Å². The molecule has 0 spiro atoms. The van der Waals surface area contributed by atoms with Crippen molar-refractivity contribution in [2.75, 3.05) is 48.0 Å². The fraction of sp³-hybridized carbons (Fsp3) is 0.500.